The fraction of sp³-hybridized carbons (Fsp3) is 1.00. The average molecular weight is 282 g/mol. The van der Waals surface area contributed by atoms with Gasteiger partial charge in [-0.15, -0.1) is 0 Å². The van der Waals surface area contributed by atoms with E-state index in [-0.39, 0.29) is 5.60 Å². The molecule has 2 rings (SSSR count). The second-order valence-corrected chi connectivity index (χ2v) is 5.02. The van der Waals surface area contributed by atoms with Gasteiger partial charge in [0.05, 0.1) is 12.2 Å². The molecule has 1 spiro atoms. The van der Waals surface area contributed by atoms with E-state index in [1.165, 1.54) is 19.4 Å². The van der Waals surface area contributed by atoms with Gasteiger partial charge in [-0.25, -0.2) is 3.11 Å². The minimum Gasteiger partial charge on any atom is -0.371 e. The van der Waals surface area contributed by atoms with E-state index in [0.29, 0.717) is 0 Å². The molecule has 4 heteroatoms. The standard InChI is InChI=1S/C8H15IN2O/c9-11-4-1-2-8(7-11)6-10-3-5-12-8/h10H,1-7H2. The molecule has 0 amide bonds. The second kappa shape index (κ2) is 3.77. The first-order valence-electron chi connectivity index (χ1n) is 4.56. The third kappa shape index (κ3) is 1.92. The van der Waals surface area contributed by atoms with E-state index in [4.69, 9.17) is 4.74 Å². The van der Waals surface area contributed by atoms with Crippen molar-refractivity contribution < 1.29 is 4.74 Å². The molecule has 0 bridgehead atoms. The highest BCUT2D eigenvalue weighted by molar-refractivity contribution is 14.1. The monoisotopic (exact) mass is 282 g/mol. The van der Waals surface area contributed by atoms with Crippen molar-refractivity contribution in [2.24, 2.45) is 0 Å². The van der Waals surface area contributed by atoms with E-state index in [9.17, 15) is 0 Å². The molecule has 0 saturated carbocycles. The average Bonchev–Trinajstić information content (AvgIpc) is 2.05. The largest absolute Gasteiger partial charge is 0.371 e. The van der Waals surface area contributed by atoms with Crippen LogP contribution in [0.25, 0.3) is 0 Å². The lowest BCUT2D eigenvalue weighted by molar-refractivity contribution is -0.0886. The van der Waals surface area contributed by atoms with Crippen LogP contribution in [0.3, 0.4) is 0 Å². The fourth-order valence-corrected chi connectivity index (χ4v) is 2.98. The number of hydrogen-bond donors (Lipinski definition) is 1. The van der Waals surface area contributed by atoms with Crippen LogP contribution in [0.5, 0.6) is 0 Å². The van der Waals surface area contributed by atoms with Gasteiger partial charge >= 0.3 is 0 Å². The summed E-state index contributed by atoms with van der Waals surface area (Å²) in [6.45, 7) is 5.23. The van der Waals surface area contributed by atoms with Crippen LogP contribution in [-0.4, -0.2) is 41.5 Å². The summed E-state index contributed by atoms with van der Waals surface area (Å²) >= 11 is 2.39. The number of rotatable bonds is 0. The van der Waals surface area contributed by atoms with Gasteiger partial charge in [0.25, 0.3) is 0 Å². The van der Waals surface area contributed by atoms with Gasteiger partial charge in [0, 0.05) is 49.0 Å². The van der Waals surface area contributed by atoms with Crippen molar-refractivity contribution in [2.45, 2.75) is 18.4 Å². The predicted molar refractivity (Wildman–Crippen MR) is 56.4 cm³/mol. The number of ether oxygens (including phenoxy) is 1. The molecule has 0 aromatic carbocycles. The topological polar surface area (TPSA) is 24.5 Å². The van der Waals surface area contributed by atoms with Gasteiger partial charge in [-0.2, -0.15) is 0 Å². The maximum Gasteiger partial charge on any atom is 0.0941 e. The van der Waals surface area contributed by atoms with Crippen molar-refractivity contribution in [3.05, 3.63) is 0 Å². The van der Waals surface area contributed by atoms with Crippen LogP contribution in [-0.2, 0) is 4.74 Å². The Labute approximate surface area is 87.3 Å². The predicted octanol–water partition coefficient (Wildman–Crippen LogP) is 0.791. The normalized spacial score (nSPS) is 38.8. The number of morpholine rings is 1. The van der Waals surface area contributed by atoms with Crippen molar-refractivity contribution in [2.75, 3.05) is 32.8 Å². The van der Waals surface area contributed by atoms with Gasteiger partial charge in [0.15, 0.2) is 0 Å². The molecule has 2 aliphatic heterocycles. The van der Waals surface area contributed by atoms with Crippen LogP contribution in [0.4, 0.5) is 0 Å². The molecule has 0 aliphatic carbocycles. The van der Waals surface area contributed by atoms with Crippen LogP contribution in [0.1, 0.15) is 12.8 Å². The first-order valence-corrected chi connectivity index (χ1v) is 5.53. The quantitative estimate of drug-likeness (QED) is 0.525. The van der Waals surface area contributed by atoms with Gasteiger partial charge in [-0.1, -0.05) is 0 Å². The van der Waals surface area contributed by atoms with E-state index in [2.05, 4.69) is 31.3 Å². The fourth-order valence-electron chi connectivity index (χ4n) is 2.01. The summed E-state index contributed by atoms with van der Waals surface area (Å²) in [4.78, 5) is 0. The third-order valence-electron chi connectivity index (χ3n) is 2.63. The number of piperidine rings is 1. The van der Waals surface area contributed by atoms with Crippen LogP contribution >= 0.6 is 22.9 Å². The van der Waals surface area contributed by atoms with E-state index in [1.54, 1.807) is 0 Å². The van der Waals surface area contributed by atoms with Gasteiger partial charge in [0.2, 0.25) is 0 Å². The molecule has 1 unspecified atom stereocenters. The lowest BCUT2D eigenvalue weighted by Crippen LogP contribution is -2.56. The summed E-state index contributed by atoms with van der Waals surface area (Å²) in [5, 5.41) is 3.41. The van der Waals surface area contributed by atoms with E-state index < -0.39 is 0 Å². The molecule has 70 valence electrons. The Morgan fingerprint density at radius 1 is 1.50 bits per heavy atom. The van der Waals surface area contributed by atoms with Crippen LogP contribution in [0.2, 0.25) is 0 Å². The summed E-state index contributed by atoms with van der Waals surface area (Å²) in [6, 6.07) is 0. The Kier molecular flexibility index (Phi) is 2.89. The van der Waals surface area contributed by atoms with Crippen LogP contribution < -0.4 is 5.32 Å². The van der Waals surface area contributed by atoms with Gasteiger partial charge in [0.1, 0.15) is 0 Å². The summed E-state index contributed by atoms with van der Waals surface area (Å²) in [5.41, 5.74) is 0.137. The van der Waals surface area contributed by atoms with Crippen molar-refractivity contribution >= 4 is 22.9 Å². The van der Waals surface area contributed by atoms with Crippen molar-refractivity contribution in [3.63, 3.8) is 0 Å². The lowest BCUT2D eigenvalue weighted by Gasteiger charge is -2.43. The Hall–Kier alpha value is 0.610. The number of nitrogens with one attached hydrogen (secondary N) is 1. The van der Waals surface area contributed by atoms with E-state index in [1.807, 2.05) is 0 Å². The maximum atomic E-state index is 5.87. The summed E-state index contributed by atoms with van der Waals surface area (Å²) in [6.07, 6.45) is 2.49. The molecule has 0 radical (unpaired) electrons. The van der Waals surface area contributed by atoms with Crippen LogP contribution in [0, 0.1) is 0 Å². The van der Waals surface area contributed by atoms with Crippen molar-refractivity contribution in [1.29, 1.82) is 0 Å². The first kappa shape index (κ1) is 9.18. The summed E-state index contributed by atoms with van der Waals surface area (Å²) in [7, 11) is 0. The molecule has 0 aromatic heterocycles. The second-order valence-electron chi connectivity index (χ2n) is 3.66. The zero-order valence-electron chi connectivity index (χ0n) is 7.18. The molecular formula is C8H15IN2O. The van der Waals surface area contributed by atoms with Crippen LogP contribution in [0.15, 0.2) is 0 Å². The molecule has 0 aromatic rings. The molecule has 2 aliphatic rings. The third-order valence-corrected chi connectivity index (χ3v) is 3.45. The molecule has 12 heavy (non-hydrogen) atoms. The summed E-state index contributed by atoms with van der Waals surface area (Å²) < 4.78 is 8.21. The lowest BCUT2D eigenvalue weighted by atomic mass is 9.93. The van der Waals surface area contributed by atoms with E-state index in [0.717, 1.165) is 26.2 Å². The molecule has 2 saturated heterocycles. The molecule has 3 nitrogen and oxygen atoms in total. The highest BCUT2D eigenvalue weighted by Gasteiger charge is 2.37. The Morgan fingerprint density at radius 3 is 3.08 bits per heavy atom. The maximum absolute atomic E-state index is 5.87. The van der Waals surface area contributed by atoms with Gasteiger partial charge < -0.3 is 10.1 Å². The molecule has 2 fully saturated rings. The number of hydrogen-bond acceptors (Lipinski definition) is 3. The SMILES string of the molecule is IN1CCCC2(CNCCO2)C1. The minimum absolute atomic E-state index is 0.137. The number of nitrogens with zero attached hydrogens (tertiary/aromatic N) is 1. The number of halogens is 1. The minimum atomic E-state index is 0.137. The Bertz CT molecular complexity index is 154. The Balaban J connectivity index is 1.97. The molecule has 1 atom stereocenters. The molecule has 2 heterocycles. The highest BCUT2D eigenvalue weighted by atomic mass is 127. The molecule has 1 N–H and O–H groups in total. The highest BCUT2D eigenvalue weighted by Crippen LogP contribution is 2.27. The first-order chi connectivity index (χ1) is 5.81. The van der Waals surface area contributed by atoms with E-state index >= 15 is 0 Å². The zero-order valence-corrected chi connectivity index (χ0v) is 9.34. The smallest absolute Gasteiger partial charge is 0.0941 e. The Morgan fingerprint density at radius 2 is 2.42 bits per heavy atom. The van der Waals surface area contributed by atoms with Gasteiger partial charge in [-0.3, -0.25) is 0 Å². The zero-order chi connectivity index (χ0) is 8.44. The van der Waals surface area contributed by atoms with Gasteiger partial charge in [-0.05, 0) is 12.8 Å². The molecular weight excluding hydrogens is 267 g/mol. The summed E-state index contributed by atoms with van der Waals surface area (Å²) in [5.74, 6) is 0. The van der Waals surface area contributed by atoms with Crippen molar-refractivity contribution in [1.82, 2.24) is 8.43 Å². The van der Waals surface area contributed by atoms with Crippen molar-refractivity contribution in [3.8, 4) is 0 Å².